The van der Waals surface area contributed by atoms with Gasteiger partial charge in [-0.3, -0.25) is 4.79 Å². The molecule has 2 aromatic heterocycles. The van der Waals surface area contributed by atoms with Gasteiger partial charge >= 0.3 is 17.9 Å². The number of hydrogen-bond acceptors (Lipinski definition) is 5. The van der Waals surface area contributed by atoms with Gasteiger partial charge in [-0.05, 0) is 69.7 Å². The molecule has 2 heterocycles. The van der Waals surface area contributed by atoms with Gasteiger partial charge in [0.15, 0.2) is 0 Å². The first-order valence-corrected chi connectivity index (χ1v) is 10.9. The summed E-state index contributed by atoms with van der Waals surface area (Å²) in [6.45, 7) is 8.96. The number of methoxy groups -OCH3 is 1. The zero-order valence-corrected chi connectivity index (χ0v) is 20.2. The number of aromatic carboxylic acids is 1. The minimum Gasteiger partial charge on any atom is -0.477 e. The van der Waals surface area contributed by atoms with E-state index in [1.54, 1.807) is 27.7 Å². The van der Waals surface area contributed by atoms with E-state index >= 15 is 0 Å². The van der Waals surface area contributed by atoms with Gasteiger partial charge in [0.05, 0.1) is 7.11 Å². The summed E-state index contributed by atoms with van der Waals surface area (Å²) in [5.74, 6) is -1.58. The van der Waals surface area contributed by atoms with E-state index in [1.807, 2.05) is 6.92 Å². The maximum Gasteiger partial charge on any atom is 0.355 e. The van der Waals surface area contributed by atoms with E-state index < -0.39 is 17.5 Å². The van der Waals surface area contributed by atoms with E-state index in [-0.39, 0.29) is 23.8 Å². The van der Waals surface area contributed by atoms with Gasteiger partial charge in [0.2, 0.25) is 0 Å². The maximum absolute atomic E-state index is 12.9. The van der Waals surface area contributed by atoms with Gasteiger partial charge in [-0.25, -0.2) is 9.59 Å². The summed E-state index contributed by atoms with van der Waals surface area (Å²) in [6.07, 6.45) is 1.29. The predicted octanol–water partition coefficient (Wildman–Crippen LogP) is 4.09. The van der Waals surface area contributed by atoms with E-state index in [0.29, 0.717) is 36.3 Å². The Morgan fingerprint density at radius 2 is 1.59 bits per heavy atom. The van der Waals surface area contributed by atoms with Crippen molar-refractivity contribution in [1.29, 1.82) is 0 Å². The quantitative estimate of drug-likeness (QED) is 0.378. The summed E-state index contributed by atoms with van der Waals surface area (Å²) in [5, 5.41) is 9.49. The second kappa shape index (κ2) is 10.3. The van der Waals surface area contributed by atoms with Gasteiger partial charge in [0.1, 0.15) is 17.0 Å². The average molecular weight is 467 g/mol. The Morgan fingerprint density at radius 3 is 2.12 bits per heavy atom. The molecule has 176 valence electrons. The summed E-state index contributed by atoms with van der Waals surface area (Å²) in [4.78, 5) is 42.3. The highest BCUT2D eigenvalue weighted by Gasteiger charge is 2.26. The fourth-order valence-corrected chi connectivity index (χ4v) is 3.87. The Bertz CT molecular complexity index is 1010. The molecule has 0 bridgehead atoms. The Hall–Kier alpha value is -2.74. The molecule has 0 atom stereocenters. The number of carboxylic acid groups (broad SMARTS) is 1. The number of alkyl halides is 1. The first kappa shape index (κ1) is 25.5. The molecule has 0 aromatic carbocycles. The van der Waals surface area contributed by atoms with Gasteiger partial charge < -0.3 is 24.5 Å². The lowest BCUT2D eigenvalue weighted by Gasteiger charge is -2.19. The molecule has 3 N–H and O–H groups in total. The summed E-state index contributed by atoms with van der Waals surface area (Å²) >= 11 is 5.95. The van der Waals surface area contributed by atoms with Gasteiger partial charge in [-0.1, -0.05) is 0 Å². The maximum atomic E-state index is 12.9. The minimum absolute atomic E-state index is 0.118. The second-order valence-electron chi connectivity index (χ2n) is 8.66. The number of rotatable bonds is 9. The molecule has 0 radical (unpaired) electrons. The van der Waals surface area contributed by atoms with Crippen LogP contribution in [0.5, 0.6) is 0 Å². The van der Waals surface area contributed by atoms with E-state index in [4.69, 9.17) is 21.1 Å². The molecule has 0 spiro atoms. The third-order valence-electron chi connectivity index (χ3n) is 5.27. The fraction of sp³-hybridized carbons (Fsp3) is 0.522. The summed E-state index contributed by atoms with van der Waals surface area (Å²) < 4.78 is 10.3. The smallest absolute Gasteiger partial charge is 0.355 e. The number of H-pyrrole nitrogens is 2. The Kier molecular flexibility index (Phi) is 8.18. The van der Waals surface area contributed by atoms with Crippen LogP contribution in [0.4, 0.5) is 0 Å². The molecule has 9 heteroatoms. The van der Waals surface area contributed by atoms with E-state index in [9.17, 15) is 19.5 Å². The number of carboxylic acids is 1. The highest BCUT2D eigenvalue weighted by atomic mass is 35.5. The second-order valence-corrected chi connectivity index (χ2v) is 9.04. The lowest BCUT2D eigenvalue weighted by atomic mass is 10.0. The van der Waals surface area contributed by atoms with Gasteiger partial charge in [0, 0.05) is 30.1 Å². The highest BCUT2D eigenvalue weighted by molar-refractivity contribution is 6.18. The van der Waals surface area contributed by atoms with Crippen molar-refractivity contribution in [2.75, 3.05) is 13.0 Å². The van der Waals surface area contributed by atoms with Crippen molar-refractivity contribution >= 4 is 29.5 Å². The molecular formula is C23H31ClN2O6. The normalized spacial score (nSPS) is 11.5. The number of halogens is 1. The first-order valence-electron chi connectivity index (χ1n) is 10.4. The number of esters is 2. The zero-order chi connectivity index (χ0) is 24.2. The van der Waals surface area contributed by atoms with Crippen LogP contribution in [0.25, 0.3) is 0 Å². The standard InChI is InChI=1S/C23H31ClN2O6/c1-12-15(7-8-18(27)31-6)20(22(30)32-23(3,4)5)25-16(12)11-17-14(9-10-24)13(2)19(26-17)21(28)29/h25-26H,7-11H2,1-6H3,(H,28,29). The molecule has 32 heavy (non-hydrogen) atoms. The van der Waals surface area contributed by atoms with Crippen LogP contribution in [0, 0.1) is 13.8 Å². The molecule has 0 unspecified atom stereocenters. The van der Waals surface area contributed by atoms with Crippen molar-refractivity contribution in [2.45, 2.75) is 65.9 Å². The Morgan fingerprint density at radius 1 is 0.969 bits per heavy atom. The summed E-state index contributed by atoms with van der Waals surface area (Å²) in [6, 6.07) is 0. The lowest BCUT2D eigenvalue weighted by molar-refractivity contribution is -0.140. The highest BCUT2D eigenvalue weighted by Crippen LogP contribution is 2.28. The molecule has 2 rings (SSSR count). The van der Waals surface area contributed by atoms with Crippen molar-refractivity contribution in [1.82, 2.24) is 9.97 Å². The summed E-state index contributed by atoms with van der Waals surface area (Å²) in [7, 11) is 1.32. The van der Waals surface area contributed by atoms with Crippen LogP contribution in [-0.4, -0.2) is 51.6 Å². The van der Waals surface area contributed by atoms with Crippen molar-refractivity contribution in [2.24, 2.45) is 0 Å². The van der Waals surface area contributed by atoms with Crippen molar-refractivity contribution in [3.8, 4) is 0 Å². The molecule has 0 fully saturated rings. The van der Waals surface area contributed by atoms with E-state index in [0.717, 1.165) is 22.5 Å². The molecule has 0 amide bonds. The number of aromatic amines is 2. The molecular weight excluding hydrogens is 436 g/mol. The third kappa shape index (κ3) is 5.94. The molecule has 0 saturated heterocycles. The fourth-order valence-electron chi connectivity index (χ4n) is 3.68. The Balaban J connectivity index is 2.50. The number of hydrogen-bond donors (Lipinski definition) is 3. The largest absolute Gasteiger partial charge is 0.477 e. The van der Waals surface area contributed by atoms with Gasteiger partial charge in [-0.2, -0.15) is 0 Å². The molecule has 2 aromatic rings. The average Bonchev–Trinajstić information content (AvgIpc) is 3.17. The van der Waals surface area contributed by atoms with Crippen LogP contribution in [0.15, 0.2) is 0 Å². The van der Waals surface area contributed by atoms with Crippen molar-refractivity contribution in [3.05, 3.63) is 45.0 Å². The first-order chi connectivity index (χ1) is 14.9. The summed E-state index contributed by atoms with van der Waals surface area (Å²) in [5.41, 5.74) is 4.18. The zero-order valence-electron chi connectivity index (χ0n) is 19.4. The van der Waals surface area contributed by atoms with Crippen LogP contribution in [0.2, 0.25) is 0 Å². The van der Waals surface area contributed by atoms with Crippen LogP contribution >= 0.6 is 11.6 Å². The monoisotopic (exact) mass is 466 g/mol. The minimum atomic E-state index is -1.04. The molecule has 0 saturated carbocycles. The van der Waals surface area contributed by atoms with Crippen LogP contribution < -0.4 is 0 Å². The number of carbonyl (C=O) groups is 3. The number of aromatic nitrogens is 2. The SMILES string of the molecule is COC(=O)CCc1c(C(=O)OC(C)(C)C)[nH]c(Cc2[nH]c(C(=O)O)c(C)c2CCCl)c1C. The number of ether oxygens (including phenoxy) is 2. The molecule has 0 aliphatic heterocycles. The van der Waals surface area contributed by atoms with E-state index in [2.05, 4.69) is 9.97 Å². The molecule has 0 aliphatic rings. The van der Waals surface area contributed by atoms with E-state index in [1.165, 1.54) is 7.11 Å². The lowest BCUT2D eigenvalue weighted by Crippen LogP contribution is -2.24. The Labute approximate surface area is 192 Å². The van der Waals surface area contributed by atoms with Gasteiger partial charge in [-0.15, -0.1) is 11.6 Å². The van der Waals surface area contributed by atoms with Crippen LogP contribution in [-0.2, 0) is 33.5 Å². The molecule has 8 nitrogen and oxygen atoms in total. The molecule has 0 aliphatic carbocycles. The topological polar surface area (TPSA) is 121 Å². The van der Waals surface area contributed by atoms with Crippen LogP contribution in [0.3, 0.4) is 0 Å². The number of carbonyl (C=O) groups excluding carboxylic acids is 2. The van der Waals surface area contributed by atoms with Gasteiger partial charge in [0.25, 0.3) is 0 Å². The van der Waals surface area contributed by atoms with Crippen molar-refractivity contribution in [3.63, 3.8) is 0 Å². The van der Waals surface area contributed by atoms with Crippen molar-refractivity contribution < 1.29 is 29.0 Å². The predicted molar refractivity (Wildman–Crippen MR) is 121 cm³/mol. The number of nitrogens with one attached hydrogen (secondary N) is 2. The van der Waals surface area contributed by atoms with Crippen LogP contribution in [0.1, 0.15) is 81.8 Å². The third-order valence-corrected chi connectivity index (χ3v) is 5.46.